The van der Waals surface area contributed by atoms with Crippen LogP contribution in [0.3, 0.4) is 0 Å². The van der Waals surface area contributed by atoms with Crippen molar-refractivity contribution in [1.29, 1.82) is 5.26 Å². The highest BCUT2D eigenvalue weighted by Gasteiger charge is 2.36. The fraction of sp³-hybridized carbons (Fsp3) is 0.538. The van der Waals surface area contributed by atoms with Crippen LogP contribution >= 0.6 is 0 Å². The molecule has 0 aromatic carbocycles. The summed E-state index contributed by atoms with van der Waals surface area (Å²) in [6.45, 7) is 5.27. The molecule has 0 amide bonds. The lowest BCUT2D eigenvalue weighted by Gasteiger charge is -2.36. The maximum atomic E-state index is 9.46. The zero-order valence-corrected chi connectivity index (χ0v) is 9.69. The average Bonchev–Trinajstić information content (AvgIpc) is 2.40. The van der Waals surface area contributed by atoms with Crippen LogP contribution in [0.4, 0.5) is 0 Å². The molecule has 16 heavy (non-hydrogen) atoms. The van der Waals surface area contributed by atoms with Gasteiger partial charge in [-0.05, 0) is 44.1 Å². The Labute approximate surface area is 96.7 Å². The first-order valence-corrected chi connectivity index (χ1v) is 5.85. The van der Waals surface area contributed by atoms with Crippen LogP contribution in [0.1, 0.15) is 25.3 Å². The average molecular weight is 215 g/mol. The Morgan fingerprint density at radius 3 is 2.75 bits per heavy atom. The summed E-state index contributed by atoms with van der Waals surface area (Å²) in [5.41, 5.74) is 0.771. The standard InChI is InChI=1S/C13H17N3/c1-2-16-8-5-13(11-14,6-9-16)12-4-3-7-15-10-12/h3-4,7,10H,2,5-6,8-9H2,1H3. The highest BCUT2D eigenvalue weighted by atomic mass is 15.1. The lowest BCUT2D eigenvalue weighted by Crippen LogP contribution is -2.41. The van der Waals surface area contributed by atoms with Crippen LogP contribution in [0.5, 0.6) is 0 Å². The van der Waals surface area contributed by atoms with E-state index in [4.69, 9.17) is 0 Å². The second-order valence-corrected chi connectivity index (χ2v) is 4.37. The number of nitriles is 1. The molecule has 1 aliphatic rings. The summed E-state index contributed by atoms with van der Waals surface area (Å²) >= 11 is 0. The Balaban J connectivity index is 2.20. The van der Waals surface area contributed by atoms with Gasteiger partial charge in [0.2, 0.25) is 0 Å². The van der Waals surface area contributed by atoms with Crippen molar-refractivity contribution < 1.29 is 0 Å². The third-order valence-corrected chi connectivity index (χ3v) is 3.58. The van der Waals surface area contributed by atoms with Gasteiger partial charge in [0.05, 0.1) is 11.5 Å². The first kappa shape index (κ1) is 11.1. The third kappa shape index (κ3) is 1.94. The predicted octanol–water partition coefficient (Wildman–Crippen LogP) is 1.96. The highest BCUT2D eigenvalue weighted by Crippen LogP contribution is 2.34. The molecule has 3 nitrogen and oxygen atoms in total. The molecule has 1 aromatic heterocycles. The summed E-state index contributed by atoms with van der Waals surface area (Å²) in [6.07, 6.45) is 5.44. The van der Waals surface area contributed by atoms with E-state index in [1.165, 1.54) is 0 Å². The van der Waals surface area contributed by atoms with Gasteiger partial charge in [-0.25, -0.2) is 0 Å². The summed E-state index contributed by atoms with van der Waals surface area (Å²) in [5, 5.41) is 9.46. The van der Waals surface area contributed by atoms with E-state index >= 15 is 0 Å². The molecule has 2 heterocycles. The highest BCUT2D eigenvalue weighted by molar-refractivity contribution is 5.30. The minimum atomic E-state index is -0.306. The van der Waals surface area contributed by atoms with Crippen LogP contribution in [0.2, 0.25) is 0 Å². The van der Waals surface area contributed by atoms with Crippen LogP contribution < -0.4 is 0 Å². The number of rotatable bonds is 2. The van der Waals surface area contributed by atoms with E-state index in [-0.39, 0.29) is 5.41 Å². The summed E-state index contributed by atoms with van der Waals surface area (Å²) in [5.74, 6) is 0. The van der Waals surface area contributed by atoms with E-state index < -0.39 is 0 Å². The molecule has 0 N–H and O–H groups in total. The molecule has 1 saturated heterocycles. The zero-order chi connectivity index (χ0) is 11.4. The Morgan fingerprint density at radius 1 is 1.50 bits per heavy atom. The molecule has 1 aliphatic heterocycles. The summed E-state index contributed by atoms with van der Waals surface area (Å²) in [7, 11) is 0. The molecule has 1 fully saturated rings. The van der Waals surface area contributed by atoms with Crippen LogP contribution in [0.25, 0.3) is 0 Å². The number of hydrogen-bond donors (Lipinski definition) is 0. The number of likely N-dealkylation sites (tertiary alicyclic amines) is 1. The van der Waals surface area contributed by atoms with Crippen molar-refractivity contribution in [2.75, 3.05) is 19.6 Å². The van der Waals surface area contributed by atoms with E-state index in [1.807, 2.05) is 18.3 Å². The second-order valence-electron chi connectivity index (χ2n) is 4.37. The van der Waals surface area contributed by atoms with Gasteiger partial charge in [-0.15, -0.1) is 0 Å². The minimum Gasteiger partial charge on any atom is -0.303 e. The largest absolute Gasteiger partial charge is 0.303 e. The van der Waals surface area contributed by atoms with Gasteiger partial charge in [0.1, 0.15) is 0 Å². The lowest BCUT2D eigenvalue weighted by molar-refractivity contribution is 0.194. The van der Waals surface area contributed by atoms with E-state index in [0.29, 0.717) is 0 Å². The predicted molar refractivity (Wildman–Crippen MR) is 62.9 cm³/mol. The number of pyridine rings is 1. The minimum absolute atomic E-state index is 0.306. The molecular weight excluding hydrogens is 198 g/mol. The van der Waals surface area contributed by atoms with Crippen molar-refractivity contribution in [3.63, 3.8) is 0 Å². The first-order valence-electron chi connectivity index (χ1n) is 5.85. The van der Waals surface area contributed by atoms with Crippen molar-refractivity contribution >= 4 is 0 Å². The normalized spacial score (nSPS) is 20.2. The maximum Gasteiger partial charge on any atom is 0.0861 e. The number of aromatic nitrogens is 1. The summed E-state index contributed by atoms with van der Waals surface area (Å²) < 4.78 is 0. The molecule has 2 rings (SSSR count). The Hall–Kier alpha value is -1.40. The van der Waals surface area contributed by atoms with Crippen LogP contribution in [0, 0.1) is 11.3 Å². The fourth-order valence-corrected chi connectivity index (χ4v) is 2.36. The van der Waals surface area contributed by atoms with Crippen molar-refractivity contribution in [3.8, 4) is 6.07 Å². The fourth-order valence-electron chi connectivity index (χ4n) is 2.36. The van der Waals surface area contributed by atoms with E-state index in [9.17, 15) is 5.26 Å². The van der Waals surface area contributed by atoms with Gasteiger partial charge < -0.3 is 4.90 Å². The van der Waals surface area contributed by atoms with Crippen molar-refractivity contribution in [2.45, 2.75) is 25.2 Å². The van der Waals surface area contributed by atoms with Gasteiger partial charge in [0, 0.05) is 12.4 Å². The summed E-state index contributed by atoms with van der Waals surface area (Å²) in [6, 6.07) is 6.45. The van der Waals surface area contributed by atoms with Gasteiger partial charge in [-0.3, -0.25) is 4.98 Å². The van der Waals surface area contributed by atoms with Crippen molar-refractivity contribution in [1.82, 2.24) is 9.88 Å². The van der Waals surface area contributed by atoms with Crippen LogP contribution in [0.15, 0.2) is 24.5 Å². The van der Waals surface area contributed by atoms with E-state index in [0.717, 1.165) is 38.0 Å². The molecule has 1 aromatic rings. The number of piperidine rings is 1. The maximum absolute atomic E-state index is 9.46. The lowest BCUT2D eigenvalue weighted by atomic mass is 9.74. The second kappa shape index (κ2) is 4.63. The van der Waals surface area contributed by atoms with Gasteiger partial charge in [0.25, 0.3) is 0 Å². The molecule has 0 spiro atoms. The zero-order valence-electron chi connectivity index (χ0n) is 9.69. The quantitative estimate of drug-likeness (QED) is 0.757. The molecule has 0 radical (unpaired) electrons. The SMILES string of the molecule is CCN1CCC(C#N)(c2cccnc2)CC1. The molecule has 84 valence electrons. The summed E-state index contributed by atoms with van der Waals surface area (Å²) in [4.78, 5) is 6.52. The smallest absolute Gasteiger partial charge is 0.0861 e. The third-order valence-electron chi connectivity index (χ3n) is 3.58. The molecule has 0 aliphatic carbocycles. The van der Waals surface area contributed by atoms with Crippen LogP contribution in [-0.2, 0) is 5.41 Å². The topological polar surface area (TPSA) is 39.9 Å². The molecular formula is C13H17N3. The molecule has 0 saturated carbocycles. The number of nitrogens with zero attached hydrogens (tertiary/aromatic N) is 3. The van der Waals surface area contributed by atoms with E-state index in [1.54, 1.807) is 6.20 Å². The Kier molecular flexibility index (Phi) is 3.21. The number of hydrogen-bond acceptors (Lipinski definition) is 3. The van der Waals surface area contributed by atoms with E-state index in [2.05, 4.69) is 22.9 Å². The van der Waals surface area contributed by atoms with Crippen LogP contribution in [-0.4, -0.2) is 29.5 Å². The Morgan fingerprint density at radius 2 is 2.25 bits per heavy atom. The van der Waals surface area contributed by atoms with Gasteiger partial charge in [0.15, 0.2) is 0 Å². The Bertz CT molecular complexity index is 372. The van der Waals surface area contributed by atoms with Gasteiger partial charge in [-0.2, -0.15) is 5.26 Å². The first-order chi connectivity index (χ1) is 7.80. The molecule has 0 unspecified atom stereocenters. The molecule has 0 atom stereocenters. The van der Waals surface area contributed by atoms with Crippen molar-refractivity contribution in [3.05, 3.63) is 30.1 Å². The van der Waals surface area contributed by atoms with Crippen molar-refractivity contribution in [2.24, 2.45) is 0 Å². The van der Waals surface area contributed by atoms with Gasteiger partial charge >= 0.3 is 0 Å². The van der Waals surface area contributed by atoms with Gasteiger partial charge in [-0.1, -0.05) is 13.0 Å². The molecule has 3 heteroatoms. The monoisotopic (exact) mass is 215 g/mol. The molecule has 0 bridgehead atoms.